The number of carbonyl (C=O) groups is 1. The molecule has 1 rings (SSSR count). The first-order chi connectivity index (χ1) is 5.81. The highest BCUT2D eigenvalue weighted by atomic mass is 16.1. The van der Waals surface area contributed by atoms with Crippen LogP contribution in [-0.4, -0.2) is 11.5 Å². The number of carbonyl (C=O) groups excluding carboxylic acids is 1. The summed E-state index contributed by atoms with van der Waals surface area (Å²) in [7, 11) is 0. The molecule has 0 bridgehead atoms. The summed E-state index contributed by atoms with van der Waals surface area (Å²) in [4.78, 5) is 11.4. The zero-order chi connectivity index (χ0) is 10.3. The van der Waals surface area contributed by atoms with E-state index in [9.17, 15) is 4.79 Å². The summed E-state index contributed by atoms with van der Waals surface area (Å²) in [6.45, 7) is 5.61. The normalized spacial score (nSPS) is 32.8. The van der Waals surface area contributed by atoms with E-state index in [-0.39, 0.29) is 16.9 Å². The highest BCUT2D eigenvalue weighted by Gasteiger charge is 2.45. The van der Waals surface area contributed by atoms with Crippen molar-refractivity contribution in [3.63, 3.8) is 0 Å². The van der Waals surface area contributed by atoms with Gasteiger partial charge in [-0.1, -0.05) is 13.8 Å². The molecule has 3 heteroatoms. The number of ketones is 1. The van der Waals surface area contributed by atoms with Crippen molar-refractivity contribution in [1.29, 1.82) is 10.7 Å². The molecule has 1 saturated carbocycles. The molecular formula is C10H14N2O. The molecule has 0 heterocycles. The van der Waals surface area contributed by atoms with Crippen LogP contribution in [0.25, 0.3) is 0 Å². The Hall–Kier alpha value is -1.17. The van der Waals surface area contributed by atoms with Gasteiger partial charge in [0, 0.05) is 6.42 Å². The average molecular weight is 178 g/mol. The molecule has 1 atom stereocenters. The summed E-state index contributed by atoms with van der Waals surface area (Å²) >= 11 is 0. The average Bonchev–Trinajstić information content (AvgIpc) is 1.99. The third-order valence-electron chi connectivity index (χ3n) is 2.55. The highest BCUT2D eigenvalue weighted by molar-refractivity contribution is 6.41. The molecule has 0 spiro atoms. The first-order valence-corrected chi connectivity index (χ1v) is 4.34. The van der Waals surface area contributed by atoms with E-state index in [0.717, 1.165) is 0 Å². The van der Waals surface area contributed by atoms with Gasteiger partial charge in [-0.05, 0) is 18.8 Å². The maximum absolute atomic E-state index is 11.4. The second-order valence-electron chi connectivity index (χ2n) is 4.76. The minimum atomic E-state index is -0.876. The lowest BCUT2D eigenvalue weighted by molar-refractivity contribution is -0.116. The van der Waals surface area contributed by atoms with E-state index < -0.39 is 5.41 Å². The van der Waals surface area contributed by atoms with Gasteiger partial charge in [-0.3, -0.25) is 10.2 Å². The Balaban J connectivity index is 3.07. The van der Waals surface area contributed by atoms with Crippen LogP contribution < -0.4 is 0 Å². The Morgan fingerprint density at radius 3 is 2.46 bits per heavy atom. The first kappa shape index (κ1) is 9.91. The zero-order valence-corrected chi connectivity index (χ0v) is 8.27. The fourth-order valence-electron chi connectivity index (χ4n) is 2.03. The minimum Gasteiger partial charge on any atom is -0.300 e. The second kappa shape index (κ2) is 2.66. The van der Waals surface area contributed by atoms with Gasteiger partial charge in [0.1, 0.15) is 0 Å². The van der Waals surface area contributed by atoms with Crippen LogP contribution in [0.4, 0.5) is 0 Å². The summed E-state index contributed by atoms with van der Waals surface area (Å²) in [6, 6.07) is 2.07. The Bertz CT molecular complexity index is 311. The lowest BCUT2D eigenvalue weighted by atomic mass is 9.63. The van der Waals surface area contributed by atoms with Gasteiger partial charge in [-0.25, -0.2) is 0 Å². The quantitative estimate of drug-likeness (QED) is 0.616. The number of hydrogen-bond acceptors (Lipinski definition) is 3. The molecule has 1 N–H and O–H groups in total. The monoisotopic (exact) mass is 178 g/mol. The smallest absolute Gasteiger partial charge is 0.178 e. The molecular weight excluding hydrogens is 164 g/mol. The lowest BCUT2D eigenvalue weighted by Gasteiger charge is -2.37. The van der Waals surface area contributed by atoms with Crippen molar-refractivity contribution < 1.29 is 4.79 Å². The van der Waals surface area contributed by atoms with Crippen molar-refractivity contribution in [3.05, 3.63) is 0 Å². The predicted molar refractivity (Wildman–Crippen MR) is 49.5 cm³/mol. The minimum absolute atomic E-state index is 0.0191. The molecule has 1 aliphatic rings. The van der Waals surface area contributed by atoms with E-state index in [1.165, 1.54) is 0 Å². The Labute approximate surface area is 78.3 Å². The summed E-state index contributed by atoms with van der Waals surface area (Å²) in [6.07, 6.45) is 0.990. The standard InChI is InChI=1S/C10H14N2O/c1-9(2)4-7(13)8(12)10(3,5-9)6-11/h12H,4-5H2,1-3H3. The summed E-state index contributed by atoms with van der Waals surface area (Å²) in [5.74, 6) is -0.180. The van der Waals surface area contributed by atoms with Crippen LogP contribution in [0.2, 0.25) is 0 Å². The van der Waals surface area contributed by atoms with Gasteiger partial charge < -0.3 is 0 Å². The van der Waals surface area contributed by atoms with Crippen LogP contribution in [0.15, 0.2) is 0 Å². The van der Waals surface area contributed by atoms with E-state index in [1.54, 1.807) is 6.92 Å². The molecule has 3 nitrogen and oxygen atoms in total. The summed E-state index contributed by atoms with van der Waals surface area (Å²) in [5.41, 5.74) is -1.04. The molecule has 0 aromatic carbocycles. The Morgan fingerprint density at radius 2 is 2.00 bits per heavy atom. The molecule has 0 amide bonds. The molecule has 0 aliphatic heterocycles. The second-order valence-corrected chi connectivity index (χ2v) is 4.76. The third-order valence-corrected chi connectivity index (χ3v) is 2.55. The van der Waals surface area contributed by atoms with Gasteiger partial charge in [-0.15, -0.1) is 0 Å². The number of nitrogens with zero attached hydrogens (tertiary/aromatic N) is 1. The lowest BCUT2D eigenvalue weighted by Crippen LogP contribution is -2.43. The van der Waals surface area contributed by atoms with Gasteiger partial charge >= 0.3 is 0 Å². The highest BCUT2D eigenvalue weighted by Crippen LogP contribution is 2.41. The van der Waals surface area contributed by atoms with Gasteiger partial charge in [0.25, 0.3) is 0 Å². The Kier molecular flexibility index (Phi) is 2.03. The fraction of sp³-hybridized carbons (Fsp3) is 0.700. The third kappa shape index (κ3) is 1.62. The van der Waals surface area contributed by atoms with E-state index in [1.807, 2.05) is 13.8 Å². The molecule has 1 unspecified atom stereocenters. The van der Waals surface area contributed by atoms with Crippen LogP contribution in [0.3, 0.4) is 0 Å². The van der Waals surface area contributed by atoms with Gasteiger partial charge in [0.15, 0.2) is 5.78 Å². The number of hydrogen-bond donors (Lipinski definition) is 1. The Morgan fingerprint density at radius 1 is 1.46 bits per heavy atom. The van der Waals surface area contributed by atoms with E-state index in [4.69, 9.17) is 10.7 Å². The van der Waals surface area contributed by atoms with E-state index >= 15 is 0 Å². The topological polar surface area (TPSA) is 64.7 Å². The van der Waals surface area contributed by atoms with Crippen molar-refractivity contribution >= 4 is 11.5 Å². The van der Waals surface area contributed by atoms with Gasteiger partial charge in [-0.2, -0.15) is 5.26 Å². The molecule has 0 radical (unpaired) electrons. The van der Waals surface area contributed by atoms with Crippen molar-refractivity contribution in [2.75, 3.05) is 0 Å². The van der Waals surface area contributed by atoms with Crippen LogP contribution in [-0.2, 0) is 4.79 Å². The molecule has 70 valence electrons. The van der Waals surface area contributed by atoms with Crippen LogP contribution in [0, 0.1) is 27.6 Å². The number of nitriles is 1. The molecule has 1 fully saturated rings. The SMILES string of the molecule is CC1(C)CC(=O)C(=N)C(C)(C#N)C1. The molecule has 0 aromatic rings. The first-order valence-electron chi connectivity index (χ1n) is 4.34. The van der Waals surface area contributed by atoms with Crippen LogP contribution >= 0.6 is 0 Å². The molecule has 13 heavy (non-hydrogen) atoms. The largest absolute Gasteiger partial charge is 0.300 e. The van der Waals surface area contributed by atoms with Crippen LogP contribution in [0.1, 0.15) is 33.6 Å². The summed E-state index contributed by atoms with van der Waals surface area (Å²) < 4.78 is 0. The van der Waals surface area contributed by atoms with Crippen molar-refractivity contribution in [1.82, 2.24) is 0 Å². The maximum atomic E-state index is 11.4. The maximum Gasteiger partial charge on any atom is 0.178 e. The number of rotatable bonds is 0. The van der Waals surface area contributed by atoms with Crippen molar-refractivity contribution in [3.8, 4) is 6.07 Å². The van der Waals surface area contributed by atoms with Gasteiger partial charge in [0.05, 0.1) is 17.2 Å². The molecule has 0 aromatic heterocycles. The zero-order valence-electron chi connectivity index (χ0n) is 8.27. The number of Topliss-reactive ketones (excluding diaryl/α,β-unsaturated/α-hetero) is 1. The van der Waals surface area contributed by atoms with E-state index in [0.29, 0.717) is 12.8 Å². The molecule has 0 saturated heterocycles. The number of nitrogens with one attached hydrogen (secondary N) is 1. The predicted octanol–water partition coefficient (Wildman–Crippen LogP) is 1.93. The summed E-state index contributed by atoms with van der Waals surface area (Å²) in [5, 5.41) is 16.5. The van der Waals surface area contributed by atoms with Crippen LogP contribution in [0.5, 0.6) is 0 Å². The fourth-order valence-corrected chi connectivity index (χ4v) is 2.03. The van der Waals surface area contributed by atoms with E-state index in [2.05, 4.69) is 6.07 Å². The van der Waals surface area contributed by atoms with Gasteiger partial charge in [0.2, 0.25) is 0 Å². The van der Waals surface area contributed by atoms with Crippen molar-refractivity contribution in [2.24, 2.45) is 10.8 Å². The van der Waals surface area contributed by atoms with Crippen molar-refractivity contribution in [2.45, 2.75) is 33.6 Å². The molecule has 1 aliphatic carbocycles.